The van der Waals surface area contributed by atoms with Crippen molar-refractivity contribution in [3.8, 4) is 0 Å². The van der Waals surface area contributed by atoms with Crippen LogP contribution < -0.4 is 15.1 Å². The zero-order valence-corrected chi connectivity index (χ0v) is 19.9. The van der Waals surface area contributed by atoms with Gasteiger partial charge in [0, 0.05) is 30.4 Å². The lowest BCUT2D eigenvalue weighted by molar-refractivity contribution is 0.0151. The fourth-order valence-corrected chi connectivity index (χ4v) is 5.90. The van der Waals surface area contributed by atoms with Crippen LogP contribution in [-0.4, -0.2) is 51.0 Å². The zero-order chi connectivity index (χ0) is 25.3. The van der Waals surface area contributed by atoms with E-state index < -0.39 is 56.7 Å². The molecule has 2 N–H and O–H groups in total. The zero-order valence-electron chi connectivity index (χ0n) is 19.1. The van der Waals surface area contributed by atoms with Gasteiger partial charge >= 0.3 is 0 Å². The summed E-state index contributed by atoms with van der Waals surface area (Å²) in [5, 5.41) is 0. The third kappa shape index (κ3) is 5.70. The molecule has 2 fully saturated rings. The fourth-order valence-electron chi connectivity index (χ4n) is 5.08. The molecule has 1 aliphatic carbocycles. The number of hydrogen-bond donors (Lipinski definition) is 2. The van der Waals surface area contributed by atoms with Crippen molar-refractivity contribution < 1.29 is 30.7 Å². The van der Waals surface area contributed by atoms with E-state index in [0.717, 1.165) is 24.5 Å². The van der Waals surface area contributed by atoms with Crippen LogP contribution in [0.2, 0.25) is 0 Å². The number of nitrogens with zero attached hydrogens (tertiary/aromatic N) is 1. The molecule has 4 rings (SSSR count). The summed E-state index contributed by atoms with van der Waals surface area (Å²) in [7, 11) is -3.56. The number of H-pyrrole nitrogens is 1. The Labute approximate surface area is 200 Å². The summed E-state index contributed by atoms with van der Waals surface area (Å²) in [6.07, 6.45) is 4.17. The normalized spacial score (nSPS) is 25.2. The van der Waals surface area contributed by atoms with Crippen LogP contribution in [0.1, 0.15) is 43.6 Å². The summed E-state index contributed by atoms with van der Waals surface area (Å²) in [6.45, 7) is 0.338. The number of aromatic amines is 1. The van der Waals surface area contributed by atoms with Crippen molar-refractivity contribution in [1.82, 2.24) is 9.71 Å². The number of hydrogen-bond acceptors (Lipinski definition) is 5. The van der Waals surface area contributed by atoms with Gasteiger partial charge in [-0.3, -0.25) is 4.79 Å². The molecule has 2 aromatic rings. The lowest BCUT2D eigenvalue weighted by Gasteiger charge is -2.33. The van der Waals surface area contributed by atoms with Crippen LogP contribution in [0.5, 0.6) is 0 Å². The van der Waals surface area contributed by atoms with Crippen molar-refractivity contribution in [2.24, 2.45) is 0 Å². The summed E-state index contributed by atoms with van der Waals surface area (Å²) in [6, 6.07) is 1.59. The first-order valence-electron chi connectivity index (χ1n) is 11.4. The highest BCUT2D eigenvalue weighted by atomic mass is 32.2. The predicted molar refractivity (Wildman–Crippen MR) is 122 cm³/mol. The van der Waals surface area contributed by atoms with Gasteiger partial charge in [0.25, 0.3) is 0 Å². The molecule has 1 aromatic heterocycles. The molecule has 192 valence electrons. The van der Waals surface area contributed by atoms with Gasteiger partial charge in [0.2, 0.25) is 21.3 Å². The first-order valence-corrected chi connectivity index (χ1v) is 13.3. The minimum atomic E-state index is -3.56. The Balaban J connectivity index is 1.45. The molecular weight excluding hydrogens is 490 g/mol. The quantitative estimate of drug-likeness (QED) is 0.435. The molecule has 35 heavy (non-hydrogen) atoms. The lowest BCUT2D eigenvalue weighted by Crippen LogP contribution is -2.48. The Kier molecular flexibility index (Phi) is 7.53. The predicted octanol–water partition coefficient (Wildman–Crippen LogP) is 3.17. The van der Waals surface area contributed by atoms with Gasteiger partial charge in [-0.15, -0.1) is 0 Å². The summed E-state index contributed by atoms with van der Waals surface area (Å²) in [5.41, 5.74) is -1.03. The first kappa shape index (κ1) is 25.6. The van der Waals surface area contributed by atoms with Crippen molar-refractivity contribution >= 4 is 15.8 Å². The Morgan fingerprint density at radius 3 is 2.40 bits per heavy atom. The maximum Gasteiger partial charge on any atom is 0.219 e. The average Bonchev–Trinajstić information content (AvgIpc) is 3.18. The van der Waals surface area contributed by atoms with E-state index in [4.69, 9.17) is 4.74 Å². The van der Waals surface area contributed by atoms with E-state index in [0.29, 0.717) is 38.6 Å². The van der Waals surface area contributed by atoms with E-state index in [-0.39, 0.29) is 24.1 Å². The van der Waals surface area contributed by atoms with E-state index in [1.165, 1.54) is 6.20 Å². The summed E-state index contributed by atoms with van der Waals surface area (Å²) in [4.78, 5) is 16.1. The third-order valence-electron chi connectivity index (χ3n) is 6.74. The number of nitrogens with one attached hydrogen (secondary N) is 2. The molecule has 0 unspecified atom stereocenters. The molecule has 1 aliphatic heterocycles. The first-order chi connectivity index (χ1) is 16.5. The summed E-state index contributed by atoms with van der Waals surface area (Å²) < 4.78 is 88.8. The van der Waals surface area contributed by atoms with Crippen LogP contribution in [0.4, 0.5) is 23.4 Å². The van der Waals surface area contributed by atoms with E-state index in [1.807, 2.05) is 0 Å². The highest BCUT2D eigenvalue weighted by molar-refractivity contribution is 7.88. The van der Waals surface area contributed by atoms with Crippen molar-refractivity contribution in [3.63, 3.8) is 0 Å². The molecule has 1 saturated heterocycles. The number of halogens is 4. The Morgan fingerprint density at radius 1 is 1.03 bits per heavy atom. The number of rotatable bonds is 7. The van der Waals surface area contributed by atoms with Gasteiger partial charge in [0.05, 0.1) is 25.0 Å². The van der Waals surface area contributed by atoms with Crippen molar-refractivity contribution in [3.05, 3.63) is 63.5 Å². The highest BCUT2D eigenvalue weighted by Gasteiger charge is 2.39. The minimum Gasteiger partial charge on any atom is -0.376 e. The van der Waals surface area contributed by atoms with Crippen molar-refractivity contribution in [2.75, 3.05) is 24.3 Å². The monoisotopic (exact) mass is 517 g/mol. The standard InChI is InChI=1S/C23H27F4N3O4S/c1-35(32,33)29-17-9-11-30(23-22(27)19(31)8-10-28-23)18(17)12-34-14-4-2-13(3-5-14)20-15(24)6-7-16(25)21(20)26/h6-8,10,13-14,17-18,29H,2-5,9,11-12H2,1H3,(H,28,31)/t13?,14?,17-,18-/m0/s1. The molecule has 0 bridgehead atoms. The van der Waals surface area contributed by atoms with Gasteiger partial charge in [0.1, 0.15) is 11.6 Å². The number of pyridine rings is 1. The van der Waals surface area contributed by atoms with E-state index in [9.17, 15) is 30.8 Å². The number of anilines is 1. The molecule has 12 heteroatoms. The molecule has 1 aromatic carbocycles. The van der Waals surface area contributed by atoms with Gasteiger partial charge in [-0.25, -0.2) is 26.3 Å². The smallest absolute Gasteiger partial charge is 0.219 e. The molecule has 7 nitrogen and oxygen atoms in total. The number of ether oxygens (including phenoxy) is 1. The maximum atomic E-state index is 14.5. The molecule has 2 atom stereocenters. The molecule has 0 radical (unpaired) electrons. The van der Waals surface area contributed by atoms with Gasteiger partial charge in [-0.05, 0) is 50.2 Å². The van der Waals surface area contributed by atoms with E-state index in [2.05, 4.69) is 9.71 Å². The number of benzene rings is 1. The van der Waals surface area contributed by atoms with Gasteiger partial charge < -0.3 is 14.6 Å². The summed E-state index contributed by atoms with van der Waals surface area (Å²) in [5.74, 6) is -4.50. The molecule has 2 heterocycles. The lowest BCUT2D eigenvalue weighted by atomic mass is 9.82. The Morgan fingerprint density at radius 2 is 1.71 bits per heavy atom. The number of sulfonamides is 1. The fraction of sp³-hybridized carbons (Fsp3) is 0.522. The van der Waals surface area contributed by atoms with E-state index >= 15 is 0 Å². The Hall–Kier alpha value is -2.44. The molecular formula is C23H27F4N3O4S. The summed E-state index contributed by atoms with van der Waals surface area (Å²) >= 11 is 0. The SMILES string of the molecule is CS(=O)(=O)N[C@H]1CCN(c2[nH]ccc(=O)c2F)[C@H]1COC1CCC(c2c(F)ccc(F)c2F)CC1. The van der Waals surface area contributed by atoms with Crippen molar-refractivity contribution in [2.45, 2.75) is 56.2 Å². The number of aromatic nitrogens is 1. The van der Waals surface area contributed by atoms with Crippen LogP contribution in [-0.2, 0) is 14.8 Å². The maximum absolute atomic E-state index is 14.5. The average molecular weight is 518 g/mol. The second kappa shape index (κ2) is 10.3. The van der Waals surface area contributed by atoms with Gasteiger partial charge in [-0.1, -0.05) is 0 Å². The Bertz CT molecular complexity index is 1230. The highest BCUT2D eigenvalue weighted by Crippen LogP contribution is 2.37. The second-order valence-electron chi connectivity index (χ2n) is 9.11. The van der Waals surface area contributed by atoms with Crippen LogP contribution in [0.25, 0.3) is 0 Å². The van der Waals surface area contributed by atoms with Gasteiger partial charge in [-0.2, -0.15) is 4.39 Å². The van der Waals surface area contributed by atoms with Crippen LogP contribution in [0, 0.1) is 23.3 Å². The topological polar surface area (TPSA) is 91.5 Å². The van der Waals surface area contributed by atoms with Crippen LogP contribution in [0.3, 0.4) is 0 Å². The van der Waals surface area contributed by atoms with Crippen molar-refractivity contribution in [1.29, 1.82) is 0 Å². The molecule has 2 aliphatic rings. The van der Waals surface area contributed by atoms with E-state index in [1.54, 1.807) is 4.90 Å². The molecule has 0 amide bonds. The molecule has 1 saturated carbocycles. The second-order valence-corrected chi connectivity index (χ2v) is 10.9. The third-order valence-corrected chi connectivity index (χ3v) is 7.47. The molecule has 0 spiro atoms. The van der Waals surface area contributed by atoms with Crippen LogP contribution in [0.15, 0.2) is 29.2 Å². The minimum absolute atomic E-state index is 0.0373. The van der Waals surface area contributed by atoms with Crippen LogP contribution >= 0.6 is 0 Å². The largest absolute Gasteiger partial charge is 0.376 e. The van der Waals surface area contributed by atoms with Gasteiger partial charge in [0.15, 0.2) is 11.6 Å².